The molecule has 0 aliphatic carbocycles. The van der Waals surface area contributed by atoms with E-state index in [-0.39, 0.29) is 5.41 Å². The van der Waals surface area contributed by atoms with E-state index in [1.807, 2.05) is 31.4 Å². The zero-order valence-electron chi connectivity index (χ0n) is 10.8. The summed E-state index contributed by atoms with van der Waals surface area (Å²) in [6.45, 7) is 4.41. The van der Waals surface area contributed by atoms with Crippen LogP contribution in [0.5, 0.6) is 0 Å². The van der Waals surface area contributed by atoms with Gasteiger partial charge in [-0.05, 0) is 31.4 Å². The van der Waals surface area contributed by atoms with Gasteiger partial charge in [0, 0.05) is 18.3 Å². The van der Waals surface area contributed by atoms with Gasteiger partial charge in [-0.1, -0.05) is 5.16 Å². The second-order valence-corrected chi connectivity index (χ2v) is 5.99. The molecule has 3 aromatic rings. The minimum Gasteiger partial charge on any atom is -0.338 e. The molecule has 0 aliphatic rings. The molecule has 19 heavy (non-hydrogen) atoms. The van der Waals surface area contributed by atoms with Gasteiger partial charge in [-0.2, -0.15) is 4.98 Å². The molecular weight excluding hydrogens is 260 g/mol. The Hall–Kier alpha value is -1.79. The molecular formula is C13H14N4OS. The predicted molar refractivity (Wildman–Crippen MR) is 75.0 cm³/mol. The van der Waals surface area contributed by atoms with Gasteiger partial charge in [0.25, 0.3) is 0 Å². The monoisotopic (exact) mass is 274 g/mol. The zero-order valence-corrected chi connectivity index (χ0v) is 11.6. The normalized spacial score (nSPS) is 12.2. The van der Waals surface area contributed by atoms with E-state index >= 15 is 0 Å². The summed E-state index contributed by atoms with van der Waals surface area (Å²) in [6, 6.07) is 4.01. The summed E-state index contributed by atoms with van der Waals surface area (Å²) < 4.78 is 6.42. The number of hydrogen-bond donors (Lipinski definition) is 1. The molecule has 0 saturated carbocycles. The Morgan fingerprint density at radius 2 is 2.26 bits per heavy atom. The Kier molecular flexibility index (Phi) is 2.83. The quantitative estimate of drug-likeness (QED) is 0.794. The third-order valence-electron chi connectivity index (χ3n) is 3.08. The van der Waals surface area contributed by atoms with Gasteiger partial charge in [0.1, 0.15) is 0 Å². The van der Waals surface area contributed by atoms with Crippen LogP contribution in [0, 0.1) is 0 Å². The van der Waals surface area contributed by atoms with Crippen LogP contribution in [0.25, 0.3) is 21.6 Å². The largest absolute Gasteiger partial charge is 0.338 e. The second kappa shape index (κ2) is 4.40. The number of rotatable bonds is 3. The average molecular weight is 274 g/mol. The van der Waals surface area contributed by atoms with E-state index in [4.69, 9.17) is 10.3 Å². The maximum absolute atomic E-state index is 5.71. The Morgan fingerprint density at radius 3 is 3.05 bits per heavy atom. The van der Waals surface area contributed by atoms with Crippen molar-refractivity contribution in [2.75, 3.05) is 6.54 Å². The third kappa shape index (κ3) is 2.13. The summed E-state index contributed by atoms with van der Waals surface area (Å²) in [4.78, 5) is 8.79. The Bertz CT molecular complexity index is 716. The van der Waals surface area contributed by atoms with Crippen molar-refractivity contribution in [2.45, 2.75) is 19.3 Å². The molecule has 0 aromatic carbocycles. The van der Waals surface area contributed by atoms with Crippen LogP contribution >= 0.6 is 11.3 Å². The molecule has 98 valence electrons. The SMILES string of the molecule is CC(C)(CN)c1nc(-c2cnc3ccsc3c2)no1. The molecule has 0 bridgehead atoms. The molecule has 3 aromatic heterocycles. The summed E-state index contributed by atoms with van der Waals surface area (Å²) in [5.74, 6) is 1.11. The van der Waals surface area contributed by atoms with Gasteiger partial charge in [-0.15, -0.1) is 11.3 Å². The van der Waals surface area contributed by atoms with Crippen molar-refractivity contribution in [2.24, 2.45) is 5.73 Å². The fraction of sp³-hybridized carbons (Fsp3) is 0.308. The lowest BCUT2D eigenvalue weighted by Gasteiger charge is -2.15. The van der Waals surface area contributed by atoms with E-state index in [0.29, 0.717) is 18.3 Å². The predicted octanol–water partition coefficient (Wildman–Crippen LogP) is 2.58. The van der Waals surface area contributed by atoms with Crippen LogP contribution in [-0.4, -0.2) is 21.7 Å². The highest BCUT2D eigenvalue weighted by molar-refractivity contribution is 7.17. The molecule has 5 nitrogen and oxygen atoms in total. The van der Waals surface area contributed by atoms with Crippen LogP contribution in [0.4, 0.5) is 0 Å². The first-order valence-electron chi connectivity index (χ1n) is 5.98. The van der Waals surface area contributed by atoms with Crippen molar-refractivity contribution in [3.05, 3.63) is 29.6 Å². The van der Waals surface area contributed by atoms with Crippen LogP contribution in [0.15, 0.2) is 28.2 Å². The molecule has 0 radical (unpaired) electrons. The first-order valence-corrected chi connectivity index (χ1v) is 6.86. The van der Waals surface area contributed by atoms with Crippen LogP contribution in [-0.2, 0) is 5.41 Å². The Morgan fingerprint density at radius 1 is 1.42 bits per heavy atom. The highest BCUT2D eigenvalue weighted by Gasteiger charge is 2.26. The summed E-state index contributed by atoms with van der Waals surface area (Å²) in [6.07, 6.45) is 1.76. The Labute approximate surface area is 114 Å². The fourth-order valence-electron chi connectivity index (χ4n) is 1.67. The number of thiophene rings is 1. The highest BCUT2D eigenvalue weighted by Crippen LogP contribution is 2.26. The van der Waals surface area contributed by atoms with Gasteiger partial charge in [0.05, 0.1) is 15.6 Å². The molecule has 0 unspecified atom stereocenters. The van der Waals surface area contributed by atoms with E-state index in [9.17, 15) is 0 Å². The first-order chi connectivity index (χ1) is 9.10. The molecule has 0 aliphatic heterocycles. The molecule has 3 rings (SSSR count). The van der Waals surface area contributed by atoms with E-state index < -0.39 is 0 Å². The number of hydrogen-bond acceptors (Lipinski definition) is 6. The summed E-state index contributed by atoms with van der Waals surface area (Å²) in [5.41, 5.74) is 7.24. The Balaban J connectivity index is 2.02. The number of pyridine rings is 1. The third-order valence-corrected chi connectivity index (χ3v) is 3.93. The molecule has 6 heteroatoms. The van der Waals surface area contributed by atoms with Gasteiger partial charge in [-0.25, -0.2) is 0 Å². The standard InChI is InChI=1S/C13H14N4OS/c1-13(2,7-14)12-16-11(17-18-12)8-5-10-9(15-6-8)3-4-19-10/h3-6H,7,14H2,1-2H3. The van der Waals surface area contributed by atoms with E-state index in [1.165, 1.54) is 0 Å². The van der Waals surface area contributed by atoms with Gasteiger partial charge < -0.3 is 10.3 Å². The lowest BCUT2D eigenvalue weighted by molar-refractivity contribution is 0.311. The zero-order chi connectivity index (χ0) is 13.5. The first kappa shape index (κ1) is 12.3. The molecule has 2 N–H and O–H groups in total. The smallest absolute Gasteiger partial charge is 0.233 e. The van der Waals surface area contributed by atoms with Crippen molar-refractivity contribution < 1.29 is 4.52 Å². The van der Waals surface area contributed by atoms with Crippen molar-refractivity contribution in [1.29, 1.82) is 0 Å². The lowest BCUT2D eigenvalue weighted by atomic mass is 9.94. The lowest BCUT2D eigenvalue weighted by Crippen LogP contribution is -2.28. The number of fused-ring (bicyclic) bond motifs is 1. The van der Waals surface area contributed by atoms with Gasteiger partial charge >= 0.3 is 0 Å². The average Bonchev–Trinajstić information content (AvgIpc) is 3.06. The summed E-state index contributed by atoms with van der Waals surface area (Å²) in [7, 11) is 0. The topological polar surface area (TPSA) is 77.8 Å². The van der Waals surface area contributed by atoms with Gasteiger partial charge in [0.15, 0.2) is 0 Å². The maximum atomic E-state index is 5.71. The van der Waals surface area contributed by atoms with E-state index in [2.05, 4.69) is 15.1 Å². The molecule has 0 amide bonds. The second-order valence-electron chi connectivity index (χ2n) is 5.04. The molecule has 3 heterocycles. The van der Waals surface area contributed by atoms with Crippen LogP contribution in [0.3, 0.4) is 0 Å². The minimum atomic E-state index is -0.314. The fourth-order valence-corrected chi connectivity index (χ4v) is 2.45. The summed E-state index contributed by atoms with van der Waals surface area (Å²) in [5, 5.41) is 6.03. The molecule has 0 saturated heterocycles. The number of aromatic nitrogens is 3. The minimum absolute atomic E-state index is 0.314. The molecule has 0 atom stereocenters. The van der Waals surface area contributed by atoms with Crippen molar-refractivity contribution in [3.8, 4) is 11.4 Å². The maximum Gasteiger partial charge on any atom is 0.233 e. The van der Waals surface area contributed by atoms with E-state index in [1.54, 1.807) is 17.5 Å². The number of nitrogens with two attached hydrogens (primary N) is 1. The van der Waals surface area contributed by atoms with Gasteiger partial charge in [0.2, 0.25) is 11.7 Å². The number of nitrogens with zero attached hydrogens (tertiary/aromatic N) is 3. The summed E-state index contributed by atoms with van der Waals surface area (Å²) >= 11 is 1.64. The molecule has 0 fully saturated rings. The van der Waals surface area contributed by atoms with Crippen LogP contribution < -0.4 is 5.73 Å². The van der Waals surface area contributed by atoms with Crippen molar-refractivity contribution in [1.82, 2.24) is 15.1 Å². The van der Waals surface area contributed by atoms with E-state index in [0.717, 1.165) is 15.8 Å². The van der Waals surface area contributed by atoms with Gasteiger partial charge in [-0.3, -0.25) is 4.98 Å². The van der Waals surface area contributed by atoms with Crippen molar-refractivity contribution >= 4 is 21.6 Å². The highest BCUT2D eigenvalue weighted by atomic mass is 32.1. The van der Waals surface area contributed by atoms with Crippen LogP contribution in [0.1, 0.15) is 19.7 Å². The van der Waals surface area contributed by atoms with Crippen LogP contribution in [0.2, 0.25) is 0 Å². The van der Waals surface area contributed by atoms with Crippen molar-refractivity contribution in [3.63, 3.8) is 0 Å². The molecule has 0 spiro atoms.